The summed E-state index contributed by atoms with van der Waals surface area (Å²) in [6.07, 6.45) is 0. The Labute approximate surface area is 172 Å². The molecule has 0 aliphatic rings. The quantitative estimate of drug-likeness (QED) is 0.264. The van der Waals surface area contributed by atoms with Gasteiger partial charge in [-0.1, -0.05) is 67.2 Å². The Bertz CT molecular complexity index is 685. The molecule has 116 valence electrons. The van der Waals surface area contributed by atoms with Crippen LogP contribution in [-0.4, -0.2) is 5.78 Å². The second kappa shape index (κ2) is 8.13. The lowest BCUT2D eigenvalue weighted by atomic mass is 10.00. The van der Waals surface area contributed by atoms with Crippen molar-refractivity contribution in [3.8, 4) is 0 Å². The minimum atomic E-state index is -0.223. The van der Waals surface area contributed by atoms with E-state index in [4.69, 9.17) is 23.2 Å². The molecule has 0 saturated heterocycles. The average molecular weight is 595 g/mol. The fourth-order valence-corrected chi connectivity index (χ4v) is 5.08. The number of carbonyl (C=O) groups is 1. The van der Waals surface area contributed by atoms with Gasteiger partial charge in [-0.15, -0.1) is 0 Å². The summed E-state index contributed by atoms with van der Waals surface area (Å²) < 4.78 is 1.28. The zero-order valence-electron chi connectivity index (χ0n) is 10.9. The topological polar surface area (TPSA) is 17.1 Å². The third-order valence-electron chi connectivity index (χ3n) is 3.08. The van der Waals surface area contributed by atoms with Gasteiger partial charge in [-0.2, -0.15) is 0 Å². The monoisotopic (exact) mass is 590 g/mol. The van der Waals surface area contributed by atoms with E-state index in [0.29, 0.717) is 40.8 Å². The van der Waals surface area contributed by atoms with E-state index in [1.54, 1.807) is 0 Å². The number of benzene rings is 2. The first-order chi connectivity index (χ1) is 10.4. The van der Waals surface area contributed by atoms with Crippen LogP contribution in [0.3, 0.4) is 0 Å². The van der Waals surface area contributed by atoms with Crippen LogP contribution in [0.25, 0.3) is 0 Å². The number of ketones is 1. The number of hydrogen-bond acceptors (Lipinski definition) is 1. The van der Waals surface area contributed by atoms with Crippen molar-refractivity contribution in [2.75, 3.05) is 0 Å². The highest BCUT2D eigenvalue weighted by Crippen LogP contribution is 2.37. The highest BCUT2D eigenvalue weighted by Gasteiger charge is 2.24. The van der Waals surface area contributed by atoms with Gasteiger partial charge in [0, 0.05) is 19.6 Å². The Hall–Kier alpha value is 0.610. The van der Waals surface area contributed by atoms with Crippen molar-refractivity contribution < 1.29 is 4.79 Å². The summed E-state index contributed by atoms with van der Waals surface area (Å²) in [6.45, 7) is 0. The van der Waals surface area contributed by atoms with Gasteiger partial charge in [-0.25, -0.2) is 0 Å². The van der Waals surface area contributed by atoms with Crippen molar-refractivity contribution in [2.24, 2.45) is 0 Å². The number of rotatable bonds is 4. The fraction of sp³-hybridized carbons (Fsp3) is 0.133. The Morgan fingerprint density at radius 2 is 1.18 bits per heavy atom. The van der Waals surface area contributed by atoms with E-state index in [-0.39, 0.29) is 5.78 Å². The van der Waals surface area contributed by atoms with Gasteiger partial charge in [0.1, 0.15) is 0 Å². The van der Waals surface area contributed by atoms with Crippen LogP contribution in [0.2, 0.25) is 10.0 Å². The summed E-state index contributed by atoms with van der Waals surface area (Å²) in [7, 11) is 0. The molecule has 0 spiro atoms. The van der Waals surface area contributed by atoms with Gasteiger partial charge in [-0.05, 0) is 55.1 Å². The van der Waals surface area contributed by atoms with Crippen molar-refractivity contribution >= 4 is 92.7 Å². The average Bonchev–Trinajstić information content (AvgIpc) is 2.48. The van der Waals surface area contributed by atoms with Crippen LogP contribution < -0.4 is 0 Å². The highest BCUT2D eigenvalue weighted by atomic mass is 79.9. The first kappa shape index (κ1) is 18.9. The SMILES string of the molecule is O=C(c1c(Br)ccc(CBr)c1Cl)c1c(Br)ccc(CBr)c1Cl. The molecule has 7 heteroatoms. The van der Waals surface area contributed by atoms with E-state index in [1.165, 1.54) is 0 Å². The molecule has 2 rings (SSSR count). The lowest BCUT2D eigenvalue weighted by Crippen LogP contribution is -2.07. The van der Waals surface area contributed by atoms with Crippen LogP contribution in [0.5, 0.6) is 0 Å². The maximum Gasteiger partial charge on any atom is 0.198 e. The molecule has 0 N–H and O–H groups in total. The number of carbonyl (C=O) groups excluding carboxylic acids is 1. The van der Waals surface area contributed by atoms with Crippen LogP contribution in [0.4, 0.5) is 0 Å². The molecular formula is C15H8Br4Cl2O. The van der Waals surface area contributed by atoms with Gasteiger partial charge in [0.25, 0.3) is 0 Å². The number of alkyl halides is 2. The van der Waals surface area contributed by atoms with Crippen LogP contribution in [0.15, 0.2) is 33.2 Å². The van der Waals surface area contributed by atoms with Gasteiger partial charge >= 0.3 is 0 Å². The van der Waals surface area contributed by atoms with Crippen LogP contribution in [0, 0.1) is 0 Å². The van der Waals surface area contributed by atoms with E-state index >= 15 is 0 Å². The molecule has 2 aromatic carbocycles. The molecule has 2 aromatic rings. The predicted molar refractivity (Wildman–Crippen MR) is 107 cm³/mol. The summed E-state index contributed by atoms with van der Waals surface area (Å²) in [6, 6.07) is 7.35. The molecule has 0 unspecified atom stereocenters. The Balaban J connectivity index is 2.69. The zero-order valence-corrected chi connectivity index (χ0v) is 18.8. The van der Waals surface area contributed by atoms with E-state index in [0.717, 1.165) is 11.1 Å². The van der Waals surface area contributed by atoms with Gasteiger partial charge in [0.05, 0.1) is 21.2 Å². The lowest BCUT2D eigenvalue weighted by molar-refractivity contribution is 0.103. The number of hydrogen-bond donors (Lipinski definition) is 0. The fourth-order valence-electron chi connectivity index (χ4n) is 1.94. The first-order valence-corrected chi connectivity index (χ1v) is 10.6. The van der Waals surface area contributed by atoms with Crippen molar-refractivity contribution in [2.45, 2.75) is 10.7 Å². The Morgan fingerprint density at radius 3 is 1.50 bits per heavy atom. The summed E-state index contributed by atoms with van der Waals surface area (Å²) in [5.41, 5.74) is 2.51. The smallest absolute Gasteiger partial charge is 0.198 e. The van der Waals surface area contributed by atoms with E-state index in [9.17, 15) is 4.79 Å². The van der Waals surface area contributed by atoms with Gasteiger partial charge in [0.2, 0.25) is 0 Å². The molecule has 0 atom stereocenters. The Kier molecular flexibility index (Phi) is 7.00. The normalized spacial score (nSPS) is 10.8. The molecule has 0 radical (unpaired) electrons. The van der Waals surface area contributed by atoms with Crippen molar-refractivity contribution in [1.29, 1.82) is 0 Å². The molecule has 0 aliphatic carbocycles. The number of halogens is 6. The molecule has 0 amide bonds. The summed E-state index contributed by atoms with van der Waals surface area (Å²) >= 11 is 26.3. The third kappa shape index (κ3) is 3.65. The maximum absolute atomic E-state index is 13.0. The third-order valence-corrected chi connectivity index (χ3v) is 6.48. The second-order valence-corrected chi connectivity index (χ2v) is 7.97. The largest absolute Gasteiger partial charge is 0.288 e. The minimum absolute atomic E-state index is 0.223. The summed E-state index contributed by atoms with van der Waals surface area (Å²) in [5, 5.41) is 1.97. The van der Waals surface area contributed by atoms with Crippen molar-refractivity contribution in [3.63, 3.8) is 0 Å². The van der Waals surface area contributed by atoms with Gasteiger partial charge in [0.15, 0.2) is 5.78 Å². The van der Waals surface area contributed by atoms with Crippen molar-refractivity contribution in [1.82, 2.24) is 0 Å². The zero-order chi connectivity index (χ0) is 16.4. The van der Waals surface area contributed by atoms with Crippen molar-refractivity contribution in [3.05, 3.63) is 65.5 Å². The molecule has 0 heterocycles. The molecule has 0 saturated carbocycles. The molecular weight excluding hydrogens is 587 g/mol. The van der Waals surface area contributed by atoms with E-state index in [1.807, 2.05) is 24.3 Å². The second-order valence-electron chi connectivity index (χ2n) is 4.39. The van der Waals surface area contributed by atoms with Gasteiger partial charge < -0.3 is 0 Å². The molecule has 0 aliphatic heterocycles. The minimum Gasteiger partial charge on any atom is -0.288 e. The standard InChI is InChI=1S/C15H8Br4Cl2O/c16-5-7-1-3-9(18)11(13(7)20)15(22)12-10(19)4-2-8(6-17)14(12)21/h1-4H,5-6H2. The molecule has 22 heavy (non-hydrogen) atoms. The van der Waals surface area contributed by atoms with E-state index < -0.39 is 0 Å². The molecule has 0 aromatic heterocycles. The van der Waals surface area contributed by atoms with E-state index in [2.05, 4.69) is 63.7 Å². The van der Waals surface area contributed by atoms with Crippen LogP contribution >= 0.6 is 86.9 Å². The Morgan fingerprint density at radius 1 is 0.818 bits per heavy atom. The highest BCUT2D eigenvalue weighted by molar-refractivity contribution is 9.11. The predicted octanol–water partition coefficient (Wildman–Crippen LogP) is 7.54. The summed E-state index contributed by atoms with van der Waals surface area (Å²) in [4.78, 5) is 13.0. The first-order valence-electron chi connectivity index (χ1n) is 6.02. The van der Waals surface area contributed by atoms with Crippen LogP contribution in [-0.2, 0) is 10.7 Å². The maximum atomic E-state index is 13.0. The molecule has 1 nitrogen and oxygen atoms in total. The van der Waals surface area contributed by atoms with Crippen LogP contribution in [0.1, 0.15) is 27.0 Å². The molecule has 0 fully saturated rings. The summed E-state index contributed by atoms with van der Waals surface area (Å²) in [5.74, 6) is -0.223. The lowest BCUT2D eigenvalue weighted by Gasteiger charge is -2.13. The van der Waals surface area contributed by atoms with Gasteiger partial charge in [-0.3, -0.25) is 4.79 Å². The molecule has 0 bridgehead atoms.